The molecule has 1 fully saturated rings. The fraction of sp³-hybridized carbons (Fsp3) is 0.778. The van der Waals surface area contributed by atoms with Gasteiger partial charge in [0.25, 0.3) is 0 Å². The zero-order valence-corrected chi connectivity index (χ0v) is 7.82. The van der Waals surface area contributed by atoms with Crippen molar-refractivity contribution in [1.82, 2.24) is 14.8 Å². The van der Waals surface area contributed by atoms with E-state index in [1.54, 1.807) is 12.7 Å². The van der Waals surface area contributed by atoms with E-state index in [1.165, 1.54) is 32.1 Å². The van der Waals surface area contributed by atoms with E-state index in [0.29, 0.717) is 6.54 Å². The lowest BCUT2D eigenvalue weighted by Crippen LogP contribution is -2.42. The van der Waals surface area contributed by atoms with Crippen LogP contribution in [0.5, 0.6) is 0 Å². The average Bonchev–Trinajstić information content (AvgIpc) is 2.72. The van der Waals surface area contributed by atoms with Gasteiger partial charge in [0.15, 0.2) is 0 Å². The first-order valence-corrected chi connectivity index (χ1v) is 4.93. The molecule has 0 aromatic carbocycles. The highest BCUT2D eigenvalue weighted by molar-refractivity contribution is 4.91. The standard InChI is InChI=1S/C9H16N4/c10-6-9(4-2-1-3-5-9)13-7-11-12-8-13/h7-8H,1-6,10H2. The topological polar surface area (TPSA) is 56.7 Å². The molecule has 0 spiro atoms. The van der Waals surface area contributed by atoms with Crippen molar-refractivity contribution in [3.8, 4) is 0 Å². The number of nitrogens with zero attached hydrogens (tertiary/aromatic N) is 3. The van der Waals surface area contributed by atoms with Crippen LogP contribution in [0.25, 0.3) is 0 Å². The number of nitrogens with two attached hydrogens (primary N) is 1. The number of hydrogen-bond acceptors (Lipinski definition) is 3. The van der Waals surface area contributed by atoms with Gasteiger partial charge in [-0.1, -0.05) is 19.3 Å². The van der Waals surface area contributed by atoms with Crippen LogP contribution in [0.15, 0.2) is 12.7 Å². The monoisotopic (exact) mass is 180 g/mol. The van der Waals surface area contributed by atoms with Crippen molar-refractivity contribution in [3.05, 3.63) is 12.7 Å². The van der Waals surface area contributed by atoms with Gasteiger partial charge in [0.2, 0.25) is 0 Å². The number of aromatic nitrogens is 3. The van der Waals surface area contributed by atoms with E-state index in [1.807, 2.05) is 0 Å². The van der Waals surface area contributed by atoms with Crippen LogP contribution >= 0.6 is 0 Å². The number of rotatable bonds is 2. The Bertz CT molecular complexity index is 249. The molecule has 0 bridgehead atoms. The quantitative estimate of drug-likeness (QED) is 0.735. The molecule has 1 aromatic heterocycles. The van der Waals surface area contributed by atoms with E-state index in [9.17, 15) is 0 Å². The minimum absolute atomic E-state index is 0.113. The van der Waals surface area contributed by atoms with Crippen molar-refractivity contribution in [1.29, 1.82) is 0 Å². The third-order valence-corrected chi connectivity index (χ3v) is 3.13. The zero-order valence-electron chi connectivity index (χ0n) is 7.82. The smallest absolute Gasteiger partial charge is 0.119 e. The third-order valence-electron chi connectivity index (χ3n) is 3.13. The van der Waals surface area contributed by atoms with Gasteiger partial charge in [0.1, 0.15) is 12.7 Å². The summed E-state index contributed by atoms with van der Waals surface area (Å²) < 4.78 is 2.09. The maximum atomic E-state index is 5.85. The predicted molar refractivity (Wildman–Crippen MR) is 50.1 cm³/mol. The molecule has 0 aliphatic heterocycles. The van der Waals surface area contributed by atoms with E-state index in [4.69, 9.17) is 5.73 Å². The Morgan fingerprint density at radius 1 is 1.15 bits per heavy atom. The first-order valence-electron chi connectivity index (χ1n) is 4.93. The lowest BCUT2D eigenvalue weighted by molar-refractivity contribution is 0.201. The molecule has 1 aliphatic rings. The summed E-state index contributed by atoms with van der Waals surface area (Å²) in [4.78, 5) is 0. The van der Waals surface area contributed by atoms with Gasteiger partial charge in [0.05, 0.1) is 5.54 Å². The third kappa shape index (κ3) is 1.46. The van der Waals surface area contributed by atoms with Crippen molar-refractivity contribution >= 4 is 0 Å². The van der Waals surface area contributed by atoms with E-state index < -0.39 is 0 Å². The van der Waals surface area contributed by atoms with Crippen LogP contribution in [0.4, 0.5) is 0 Å². The molecular formula is C9H16N4. The minimum atomic E-state index is 0.113. The van der Waals surface area contributed by atoms with Crippen LogP contribution in [-0.2, 0) is 5.54 Å². The predicted octanol–water partition coefficient (Wildman–Crippen LogP) is 0.896. The van der Waals surface area contributed by atoms with Crippen molar-refractivity contribution in [3.63, 3.8) is 0 Å². The zero-order chi connectivity index (χ0) is 9.15. The second-order valence-electron chi connectivity index (χ2n) is 3.86. The molecule has 0 amide bonds. The van der Waals surface area contributed by atoms with Crippen LogP contribution in [0.3, 0.4) is 0 Å². The highest BCUT2D eigenvalue weighted by Gasteiger charge is 2.32. The Labute approximate surface area is 78.1 Å². The SMILES string of the molecule is NCC1(n2cnnc2)CCCCC1. The molecule has 2 N–H and O–H groups in total. The van der Waals surface area contributed by atoms with Gasteiger partial charge in [-0.05, 0) is 12.8 Å². The molecule has 1 aromatic rings. The van der Waals surface area contributed by atoms with Crippen molar-refractivity contribution in [2.75, 3.05) is 6.54 Å². The summed E-state index contributed by atoms with van der Waals surface area (Å²) in [6.07, 6.45) is 9.80. The second-order valence-corrected chi connectivity index (χ2v) is 3.86. The molecule has 4 heteroatoms. The van der Waals surface area contributed by atoms with Crippen LogP contribution in [0, 0.1) is 0 Å². The maximum absolute atomic E-state index is 5.85. The Balaban J connectivity index is 2.23. The largest absolute Gasteiger partial charge is 0.328 e. The van der Waals surface area contributed by atoms with Crippen LogP contribution < -0.4 is 5.73 Å². The summed E-state index contributed by atoms with van der Waals surface area (Å²) in [6.45, 7) is 0.699. The van der Waals surface area contributed by atoms with Gasteiger partial charge >= 0.3 is 0 Å². The van der Waals surface area contributed by atoms with Crippen LogP contribution in [0.1, 0.15) is 32.1 Å². The van der Waals surface area contributed by atoms with Crippen molar-refractivity contribution in [2.24, 2.45) is 5.73 Å². The number of hydrogen-bond donors (Lipinski definition) is 1. The molecule has 1 heterocycles. The molecule has 0 saturated heterocycles. The Morgan fingerprint density at radius 3 is 2.31 bits per heavy atom. The molecule has 2 rings (SSSR count). The molecule has 72 valence electrons. The van der Waals surface area contributed by atoms with Gasteiger partial charge in [-0.15, -0.1) is 10.2 Å². The maximum Gasteiger partial charge on any atom is 0.119 e. The summed E-state index contributed by atoms with van der Waals surface area (Å²) >= 11 is 0. The Hall–Kier alpha value is -0.900. The molecule has 1 aliphatic carbocycles. The van der Waals surface area contributed by atoms with Crippen molar-refractivity contribution in [2.45, 2.75) is 37.6 Å². The summed E-state index contributed by atoms with van der Waals surface area (Å²) in [5, 5.41) is 7.70. The molecule has 0 unspecified atom stereocenters. The van der Waals surface area contributed by atoms with Crippen LogP contribution in [-0.4, -0.2) is 21.3 Å². The van der Waals surface area contributed by atoms with Gasteiger partial charge < -0.3 is 10.3 Å². The lowest BCUT2D eigenvalue weighted by atomic mass is 9.81. The molecule has 1 saturated carbocycles. The van der Waals surface area contributed by atoms with Gasteiger partial charge in [-0.3, -0.25) is 0 Å². The average molecular weight is 180 g/mol. The van der Waals surface area contributed by atoms with Gasteiger partial charge in [-0.2, -0.15) is 0 Å². The molecule has 13 heavy (non-hydrogen) atoms. The van der Waals surface area contributed by atoms with Crippen molar-refractivity contribution < 1.29 is 0 Å². The summed E-state index contributed by atoms with van der Waals surface area (Å²) in [7, 11) is 0. The van der Waals surface area contributed by atoms with Crippen LogP contribution in [0.2, 0.25) is 0 Å². The van der Waals surface area contributed by atoms with Gasteiger partial charge in [0, 0.05) is 6.54 Å². The molecular weight excluding hydrogens is 164 g/mol. The second kappa shape index (κ2) is 3.46. The van der Waals surface area contributed by atoms with E-state index in [-0.39, 0.29) is 5.54 Å². The van der Waals surface area contributed by atoms with E-state index >= 15 is 0 Å². The van der Waals surface area contributed by atoms with E-state index in [2.05, 4.69) is 14.8 Å². The summed E-state index contributed by atoms with van der Waals surface area (Å²) in [5.41, 5.74) is 5.97. The highest BCUT2D eigenvalue weighted by atomic mass is 15.3. The molecule has 0 atom stereocenters. The molecule has 0 radical (unpaired) electrons. The van der Waals surface area contributed by atoms with Gasteiger partial charge in [-0.25, -0.2) is 0 Å². The Morgan fingerprint density at radius 2 is 1.77 bits per heavy atom. The fourth-order valence-corrected chi connectivity index (χ4v) is 2.22. The highest BCUT2D eigenvalue weighted by Crippen LogP contribution is 2.33. The summed E-state index contributed by atoms with van der Waals surface area (Å²) in [6, 6.07) is 0. The first-order chi connectivity index (χ1) is 6.37. The van der Waals surface area contributed by atoms with E-state index in [0.717, 1.165) is 0 Å². The lowest BCUT2D eigenvalue weighted by Gasteiger charge is -2.36. The normalized spacial score (nSPS) is 21.6. The Kier molecular flexibility index (Phi) is 2.31. The molecule has 4 nitrogen and oxygen atoms in total. The first kappa shape index (κ1) is 8.69. The summed E-state index contributed by atoms with van der Waals surface area (Å²) in [5.74, 6) is 0. The minimum Gasteiger partial charge on any atom is -0.328 e. The fourth-order valence-electron chi connectivity index (χ4n) is 2.22.